The number of rotatable bonds is 9. The number of halogens is 1. The summed E-state index contributed by atoms with van der Waals surface area (Å²) in [5, 5.41) is 8.66. The van der Waals surface area contributed by atoms with Crippen molar-refractivity contribution < 1.29 is 17.6 Å². The lowest BCUT2D eigenvalue weighted by atomic mass is 10.1. The van der Waals surface area contributed by atoms with Crippen LogP contribution in [0.2, 0.25) is 0 Å². The molecule has 1 heterocycles. The average Bonchev–Trinajstić information content (AvgIpc) is 3.13. The zero-order valence-electron chi connectivity index (χ0n) is 16.5. The lowest BCUT2D eigenvalue weighted by Crippen LogP contribution is -2.25. The number of benzene rings is 2. The van der Waals surface area contributed by atoms with Crippen molar-refractivity contribution in [1.29, 1.82) is 0 Å². The molecule has 1 aromatic heterocycles. The molecule has 3 aromatic rings. The van der Waals surface area contributed by atoms with Crippen molar-refractivity contribution in [2.24, 2.45) is 0 Å². The molecule has 0 bridgehead atoms. The van der Waals surface area contributed by atoms with Crippen molar-refractivity contribution in [3.63, 3.8) is 0 Å². The van der Waals surface area contributed by atoms with E-state index in [0.717, 1.165) is 5.56 Å². The third-order valence-corrected chi connectivity index (χ3v) is 6.74. The van der Waals surface area contributed by atoms with E-state index in [1.54, 1.807) is 28.8 Å². The van der Waals surface area contributed by atoms with Crippen LogP contribution in [0, 0.1) is 12.7 Å². The summed E-state index contributed by atoms with van der Waals surface area (Å²) in [6.07, 6.45) is 0. The Balaban J connectivity index is 1.65. The first-order chi connectivity index (χ1) is 14.3. The van der Waals surface area contributed by atoms with Crippen molar-refractivity contribution in [1.82, 2.24) is 19.5 Å². The number of thioether (sulfide) groups is 1. The molecule has 0 atom stereocenters. The number of hydrogen-bond acceptors (Lipinski definition) is 6. The summed E-state index contributed by atoms with van der Waals surface area (Å²) in [5.41, 5.74) is 1.38. The van der Waals surface area contributed by atoms with Gasteiger partial charge in [-0.05, 0) is 50.2 Å². The highest BCUT2D eigenvalue weighted by Crippen LogP contribution is 2.19. The molecular formula is C20H21FN4O3S2. The Morgan fingerprint density at radius 1 is 1.10 bits per heavy atom. The number of sulfonamides is 1. The number of Topliss-reactive ketones (excluding diaryl/α,β-unsaturated/α-hetero) is 1. The van der Waals surface area contributed by atoms with Crippen LogP contribution >= 0.6 is 11.8 Å². The lowest BCUT2D eigenvalue weighted by Gasteiger charge is -2.09. The van der Waals surface area contributed by atoms with E-state index in [-0.39, 0.29) is 23.0 Å². The van der Waals surface area contributed by atoms with E-state index in [4.69, 9.17) is 0 Å². The second-order valence-corrected chi connectivity index (χ2v) is 9.21. The van der Waals surface area contributed by atoms with Crippen LogP contribution in [0.4, 0.5) is 4.39 Å². The van der Waals surface area contributed by atoms with Crippen LogP contribution in [-0.4, -0.2) is 34.7 Å². The van der Waals surface area contributed by atoms with Crippen molar-refractivity contribution in [2.75, 3.05) is 5.75 Å². The van der Waals surface area contributed by atoms with Gasteiger partial charge < -0.3 is 4.57 Å². The third-order valence-electron chi connectivity index (χ3n) is 4.36. The number of nitrogens with zero attached hydrogens (tertiary/aromatic N) is 3. The van der Waals surface area contributed by atoms with Gasteiger partial charge in [0, 0.05) is 12.1 Å². The van der Waals surface area contributed by atoms with Crippen molar-refractivity contribution in [3.05, 3.63) is 71.3 Å². The molecule has 0 saturated carbocycles. The molecule has 0 unspecified atom stereocenters. The van der Waals surface area contributed by atoms with Crippen LogP contribution in [-0.2, 0) is 23.1 Å². The highest BCUT2D eigenvalue weighted by atomic mass is 32.2. The van der Waals surface area contributed by atoms with E-state index in [1.807, 2.05) is 13.8 Å². The zero-order chi connectivity index (χ0) is 21.7. The van der Waals surface area contributed by atoms with Gasteiger partial charge in [-0.25, -0.2) is 17.5 Å². The monoisotopic (exact) mass is 448 g/mol. The van der Waals surface area contributed by atoms with Gasteiger partial charge in [-0.2, -0.15) is 0 Å². The zero-order valence-corrected chi connectivity index (χ0v) is 18.1. The Morgan fingerprint density at radius 2 is 1.77 bits per heavy atom. The smallest absolute Gasteiger partial charge is 0.240 e. The van der Waals surface area contributed by atoms with Crippen molar-refractivity contribution in [3.8, 4) is 0 Å². The maximum atomic E-state index is 13.0. The summed E-state index contributed by atoms with van der Waals surface area (Å²) in [7, 11) is -3.68. The Bertz CT molecular complexity index is 1130. The molecule has 0 aliphatic carbocycles. The fraction of sp³-hybridized carbons (Fsp3) is 0.250. The number of nitrogens with one attached hydrogen (secondary N) is 1. The number of carbonyl (C=O) groups excluding carboxylic acids is 1. The second-order valence-electron chi connectivity index (χ2n) is 6.50. The maximum absolute atomic E-state index is 13.0. The molecule has 7 nitrogen and oxygen atoms in total. The molecule has 0 aliphatic heterocycles. The molecular weight excluding hydrogens is 427 g/mol. The molecule has 2 aromatic carbocycles. The highest BCUT2D eigenvalue weighted by molar-refractivity contribution is 7.99. The molecule has 1 N–H and O–H groups in total. The summed E-state index contributed by atoms with van der Waals surface area (Å²) in [5.74, 6) is -0.00127. The summed E-state index contributed by atoms with van der Waals surface area (Å²) in [4.78, 5) is 12.5. The SMILES string of the molecule is CCn1c(CNS(=O)(=O)c2ccc(C)cc2)nnc1SCC(=O)c1ccc(F)cc1. The molecule has 10 heteroatoms. The molecule has 0 fully saturated rings. The number of aromatic nitrogens is 3. The van der Waals surface area contributed by atoms with Crippen LogP contribution in [0.5, 0.6) is 0 Å². The van der Waals surface area contributed by atoms with Gasteiger partial charge in [0.05, 0.1) is 17.2 Å². The van der Waals surface area contributed by atoms with Crippen LogP contribution in [0.3, 0.4) is 0 Å². The van der Waals surface area contributed by atoms with Gasteiger partial charge in [-0.1, -0.05) is 29.5 Å². The predicted octanol–water partition coefficient (Wildman–Crippen LogP) is 3.20. The molecule has 30 heavy (non-hydrogen) atoms. The van der Waals surface area contributed by atoms with Gasteiger partial charge >= 0.3 is 0 Å². The van der Waals surface area contributed by atoms with E-state index in [0.29, 0.717) is 23.1 Å². The van der Waals surface area contributed by atoms with E-state index in [9.17, 15) is 17.6 Å². The Labute approximate surface area is 178 Å². The molecule has 3 rings (SSSR count). The average molecular weight is 449 g/mol. The second kappa shape index (κ2) is 9.50. The minimum Gasteiger partial charge on any atom is -0.305 e. The van der Waals surface area contributed by atoms with Crippen molar-refractivity contribution in [2.45, 2.75) is 37.0 Å². The molecule has 158 valence electrons. The number of carbonyl (C=O) groups is 1. The molecule has 0 radical (unpaired) electrons. The first kappa shape index (κ1) is 22.1. The lowest BCUT2D eigenvalue weighted by molar-refractivity contribution is 0.102. The maximum Gasteiger partial charge on any atom is 0.240 e. The quantitative estimate of drug-likeness (QED) is 0.399. The van der Waals surface area contributed by atoms with Crippen LogP contribution in [0.25, 0.3) is 0 Å². The Hall–Kier alpha value is -2.56. The highest BCUT2D eigenvalue weighted by Gasteiger charge is 2.18. The topological polar surface area (TPSA) is 93.9 Å². The summed E-state index contributed by atoms with van der Waals surface area (Å²) in [6.45, 7) is 4.26. The summed E-state index contributed by atoms with van der Waals surface area (Å²) < 4.78 is 42.2. The summed E-state index contributed by atoms with van der Waals surface area (Å²) in [6, 6.07) is 11.9. The first-order valence-corrected chi connectivity index (χ1v) is 11.7. The van der Waals surface area contributed by atoms with Crippen LogP contribution in [0.1, 0.15) is 28.7 Å². The van der Waals surface area contributed by atoms with Crippen LogP contribution < -0.4 is 4.72 Å². The third kappa shape index (κ3) is 5.32. The fourth-order valence-corrected chi connectivity index (χ4v) is 4.58. The van der Waals surface area contributed by atoms with Gasteiger partial charge in [0.25, 0.3) is 0 Å². The standard InChI is InChI=1S/C20H21FN4O3S2/c1-3-25-19(12-22-30(27,28)17-10-4-14(2)5-11-17)23-24-20(25)29-13-18(26)15-6-8-16(21)9-7-15/h4-11,22H,3,12-13H2,1-2H3. The largest absolute Gasteiger partial charge is 0.305 e. The molecule has 0 spiro atoms. The number of hydrogen-bond donors (Lipinski definition) is 1. The van der Waals surface area contributed by atoms with Gasteiger partial charge in [-0.3, -0.25) is 4.79 Å². The normalized spacial score (nSPS) is 11.6. The number of aryl methyl sites for hydroxylation is 1. The van der Waals surface area contributed by atoms with E-state index >= 15 is 0 Å². The first-order valence-electron chi connectivity index (χ1n) is 9.20. The molecule has 0 amide bonds. The van der Waals surface area contributed by atoms with Gasteiger partial charge in [0.1, 0.15) is 11.6 Å². The van der Waals surface area contributed by atoms with Gasteiger partial charge in [0.2, 0.25) is 10.0 Å². The van der Waals surface area contributed by atoms with E-state index < -0.39 is 15.8 Å². The van der Waals surface area contributed by atoms with Gasteiger partial charge in [-0.15, -0.1) is 10.2 Å². The Kier molecular flexibility index (Phi) is 7.01. The minimum absolute atomic E-state index is 0.0243. The Morgan fingerprint density at radius 3 is 2.40 bits per heavy atom. The van der Waals surface area contributed by atoms with E-state index in [1.165, 1.54) is 36.0 Å². The molecule has 0 aliphatic rings. The summed E-state index contributed by atoms with van der Waals surface area (Å²) >= 11 is 1.20. The van der Waals surface area contributed by atoms with E-state index in [2.05, 4.69) is 14.9 Å². The minimum atomic E-state index is -3.68. The number of ketones is 1. The predicted molar refractivity (Wildman–Crippen MR) is 112 cm³/mol. The van der Waals surface area contributed by atoms with Crippen molar-refractivity contribution >= 4 is 27.6 Å². The van der Waals surface area contributed by atoms with Crippen LogP contribution in [0.15, 0.2) is 58.6 Å². The fourth-order valence-electron chi connectivity index (χ4n) is 2.68. The van der Waals surface area contributed by atoms with Gasteiger partial charge in [0.15, 0.2) is 10.9 Å². The molecule has 0 saturated heterocycles.